The molecule has 0 aromatic heterocycles. The molecule has 0 fully saturated rings. The predicted molar refractivity (Wildman–Crippen MR) is 50.1 cm³/mol. The third kappa shape index (κ3) is 7.73. The Morgan fingerprint density at radius 3 is 2.50 bits per heavy atom. The highest BCUT2D eigenvalue weighted by molar-refractivity contribution is 5.52. The van der Waals surface area contributed by atoms with Crippen LogP contribution in [0.15, 0.2) is 0 Å². The van der Waals surface area contributed by atoms with Crippen LogP contribution in [0.1, 0.15) is 33.6 Å². The van der Waals surface area contributed by atoms with Crippen LogP contribution in [-0.2, 0) is 9.53 Å². The molecule has 0 N–H and O–H groups in total. The van der Waals surface area contributed by atoms with Crippen molar-refractivity contribution < 1.29 is 9.53 Å². The van der Waals surface area contributed by atoms with E-state index < -0.39 is 0 Å². The van der Waals surface area contributed by atoms with E-state index in [0.717, 1.165) is 32.3 Å². The molecule has 0 rings (SSSR count). The van der Waals surface area contributed by atoms with Crippen molar-refractivity contribution >= 4 is 6.29 Å². The van der Waals surface area contributed by atoms with Gasteiger partial charge < -0.3 is 9.53 Å². The first-order valence-corrected chi connectivity index (χ1v) is 4.69. The molecule has 1 unspecified atom stereocenters. The molecule has 0 bridgehead atoms. The van der Waals surface area contributed by atoms with Crippen LogP contribution in [0, 0.1) is 11.8 Å². The average Bonchev–Trinajstić information content (AvgIpc) is 2.03. The van der Waals surface area contributed by atoms with Crippen molar-refractivity contribution in [1.29, 1.82) is 0 Å². The van der Waals surface area contributed by atoms with E-state index in [9.17, 15) is 4.79 Å². The minimum atomic E-state index is 0.188. The van der Waals surface area contributed by atoms with Crippen molar-refractivity contribution in [1.82, 2.24) is 0 Å². The van der Waals surface area contributed by atoms with Crippen molar-refractivity contribution in [2.45, 2.75) is 33.6 Å². The first-order valence-electron chi connectivity index (χ1n) is 4.69. The minimum absolute atomic E-state index is 0.188. The number of carbonyl (C=O) groups excluding carboxylic acids is 1. The summed E-state index contributed by atoms with van der Waals surface area (Å²) in [4.78, 5) is 10.2. The van der Waals surface area contributed by atoms with E-state index in [0.29, 0.717) is 5.92 Å². The molecular formula is C10H20O2. The van der Waals surface area contributed by atoms with Gasteiger partial charge in [-0.25, -0.2) is 0 Å². The molecule has 0 radical (unpaired) electrons. The number of rotatable bonds is 7. The fourth-order valence-corrected chi connectivity index (χ4v) is 0.894. The lowest BCUT2D eigenvalue weighted by atomic mass is 10.1. The lowest BCUT2D eigenvalue weighted by Crippen LogP contribution is -2.05. The summed E-state index contributed by atoms with van der Waals surface area (Å²) in [6.45, 7) is 7.82. The van der Waals surface area contributed by atoms with E-state index in [4.69, 9.17) is 4.74 Å². The highest BCUT2D eigenvalue weighted by atomic mass is 16.5. The molecule has 2 nitrogen and oxygen atoms in total. The molecule has 0 saturated heterocycles. The lowest BCUT2D eigenvalue weighted by Gasteiger charge is -2.07. The zero-order valence-corrected chi connectivity index (χ0v) is 8.38. The SMILES string of the molecule is CC(C)COCCCC(C)C=O. The molecule has 0 amide bonds. The average molecular weight is 172 g/mol. The van der Waals surface area contributed by atoms with Crippen LogP contribution >= 0.6 is 0 Å². The Hall–Kier alpha value is -0.370. The Morgan fingerprint density at radius 2 is 2.00 bits per heavy atom. The smallest absolute Gasteiger partial charge is 0.122 e. The van der Waals surface area contributed by atoms with Crippen molar-refractivity contribution in [2.24, 2.45) is 11.8 Å². The van der Waals surface area contributed by atoms with Crippen LogP contribution in [0.2, 0.25) is 0 Å². The van der Waals surface area contributed by atoms with Crippen LogP contribution in [0.3, 0.4) is 0 Å². The summed E-state index contributed by atoms with van der Waals surface area (Å²) in [5.74, 6) is 0.793. The number of carbonyl (C=O) groups is 1. The van der Waals surface area contributed by atoms with Crippen molar-refractivity contribution in [3.05, 3.63) is 0 Å². The van der Waals surface area contributed by atoms with Gasteiger partial charge in [-0.2, -0.15) is 0 Å². The number of aldehydes is 1. The van der Waals surface area contributed by atoms with Gasteiger partial charge in [-0.1, -0.05) is 20.8 Å². The Balaban J connectivity index is 3.05. The van der Waals surface area contributed by atoms with E-state index >= 15 is 0 Å². The second-order valence-electron chi connectivity index (χ2n) is 3.72. The largest absolute Gasteiger partial charge is 0.381 e. The van der Waals surface area contributed by atoms with Crippen LogP contribution in [-0.4, -0.2) is 19.5 Å². The second-order valence-corrected chi connectivity index (χ2v) is 3.72. The molecule has 0 heterocycles. The maximum Gasteiger partial charge on any atom is 0.122 e. The van der Waals surface area contributed by atoms with Gasteiger partial charge in [-0.15, -0.1) is 0 Å². The van der Waals surface area contributed by atoms with E-state index in [1.807, 2.05) is 6.92 Å². The zero-order valence-electron chi connectivity index (χ0n) is 8.38. The van der Waals surface area contributed by atoms with Gasteiger partial charge in [-0.05, 0) is 18.8 Å². The van der Waals surface area contributed by atoms with Gasteiger partial charge in [0.15, 0.2) is 0 Å². The van der Waals surface area contributed by atoms with E-state index in [2.05, 4.69) is 13.8 Å². The Morgan fingerprint density at radius 1 is 1.33 bits per heavy atom. The fraction of sp³-hybridized carbons (Fsp3) is 0.900. The summed E-state index contributed by atoms with van der Waals surface area (Å²) in [6.07, 6.45) is 2.94. The van der Waals surface area contributed by atoms with Gasteiger partial charge in [0.2, 0.25) is 0 Å². The molecule has 0 aromatic rings. The summed E-state index contributed by atoms with van der Waals surface area (Å²) in [5, 5.41) is 0. The molecule has 0 saturated carbocycles. The van der Waals surface area contributed by atoms with Crippen molar-refractivity contribution in [2.75, 3.05) is 13.2 Å². The first-order chi connectivity index (χ1) is 5.66. The quantitative estimate of drug-likeness (QED) is 0.435. The third-order valence-electron chi connectivity index (χ3n) is 1.63. The van der Waals surface area contributed by atoms with Gasteiger partial charge in [0.1, 0.15) is 6.29 Å². The molecule has 0 aliphatic carbocycles. The van der Waals surface area contributed by atoms with Gasteiger partial charge in [0, 0.05) is 19.1 Å². The van der Waals surface area contributed by atoms with Crippen LogP contribution < -0.4 is 0 Å². The summed E-state index contributed by atoms with van der Waals surface area (Å²) < 4.78 is 5.37. The maximum atomic E-state index is 10.2. The normalized spacial score (nSPS) is 13.3. The topological polar surface area (TPSA) is 26.3 Å². The lowest BCUT2D eigenvalue weighted by molar-refractivity contribution is -0.110. The van der Waals surface area contributed by atoms with Crippen LogP contribution in [0.5, 0.6) is 0 Å². The third-order valence-corrected chi connectivity index (χ3v) is 1.63. The molecule has 2 heteroatoms. The Kier molecular flexibility index (Phi) is 7.06. The van der Waals surface area contributed by atoms with E-state index in [-0.39, 0.29) is 5.92 Å². The molecule has 0 aliphatic rings. The van der Waals surface area contributed by atoms with Crippen LogP contribution in [0.4, 0.5) is 0 Å². The van der Waals surface area contributed by atoms with Crippen LogP contribution in [0.25, 0.3) is 0 Å². The van der Waals surface area contributed by atoms with Crippen molar-refractivity contribution in [3.63, 3.8) is 0 Å². The van der Waals surface area contributed by atoms with Gasteiger partial charge in [0.25, 0.3) is 0 Å². The van der Waals surface area contributed by atoms with E-state index in [1.54, 1.807) is 0 Å². The molecule has 72 valence electrons. The van der Waals surface area contributed by atoms with E-state index in [1.165, 1.54) is 0 Å². The van der Waals surface area contributed by atoms with Gasteiger partial charge >= 0.3 is 0 Å². The number of hydrogen-bond acceptors (Lipinski definition) is 2. The highest BCUT2D eigenvalue weighted by Gasteiger charge is 1.99. The highest BCUT2D eigenvalue weighted by Crippen LogP contribution is 2.02. The molecule has 1 atom stereocenters. The monoisotopic (exact) mass is 172 g/mol. The summed E-state index contributed by atoms with van der Waals surface area (Å²) in [7, 11) is 0. The maximum absolute atomic E-state index is 10.2. The second kappa shape index (κ2) is 7.29. The number of ether oxygens (including phenoxy) is 1. The molecule has 0 spiro atoms. The number of hydrogen-bond donors (Lipinski definition) is 0. The van der Waals surface area contributed by atoms with Gasteiger partial charge in [-0.3, -0.25) is 0 Å². The summed E-state index contributed by atoms with van der Waals surface area (Å²) in [6, 6.07) is 0. The zero-order chi connectivity index (χ0) is 9.40. The molecule has 12 heavy (non-hydrogen) atoms. The van der Waals surface area contributed by atoms with Crippen molar-refractivity contribution in [3.8, 4) is 0 Å². The molecular weight excluding hydrogens is 152 g/mol. The standard InChI is InChI=1S/C10H20O2/c1-9(2)8-12-6-4-5-10(3)7-11/h7,9-10H,4-6,8H2,1-3H3. The Bertz CT molecular complexity index is 110. The molecule has 0 aromatic carbocycles. The minimum Gasteiger partial charge on any atom is -0.381 e. The predicted octanol–water partition coefficient (Wildman–Crippen LogP) is 2.27. The summed E-state index contributed by atoms with van der Waals surface area (Å²) in [5.41, 5.74) is 0. The Labute approximate surface area is 75.3 Å². The molecule has 0 aliphatic heterocycles. The van der Waals surface area contributed by atoms with Gasteiger partial charge in [0.05, 0.1) is 0 Å². The fourth-order valence-electron chi connectivity index (χ4n) is 0.894. The first kappa shape index (κ1) is 11.6. The summed E-state index contributed by atoms with van der Waals surface area (Å²) >= 11 is 0.